The minimum Gasteiger partial charge on any atom is -0.0850 e. The van der Waals surface area contributed by atoms with Crippen LogP contribution in [0, 0.1) is 17.8 Å². The molecule has 1 aliphatic rings. The molecule has 2 atom stereocenters. The maximum absolute atomic E-state index is 2.52. The Balaban J connectivity index is 2.97. The van der Waals surface area contributed by atoms with E-state index in [2.05, 4.69) is 67.9 Å². The van der Waals surface area contributed by atoms with Crippen molar-refractivity contribution in [2.45, 2.75) is 60.1 Å². The maximum Gasteiger partial charge on any atom is 0.122 e. The molecule has 0 amide bonds. The molecule has 1 aliphatic carbocycles. The lowest BCUT2D eigenvalue weighted by molar-refractivity contribution is 0.628. The quantitative estimate of drug-likeness (QED) is 0.589. The van der Waals surface area contributed by atoms with Crippen LogP contribution in [0.5, 0.6) is 0 Å². The van der Waals surface area contributed by atoms with Crippen molar-refractivity contribution in [1.82, 2.24) is 0 Å². The van der Waals surface area contributed by atoms with E-state index < -0.39 is 0 Å². The Morgan fingerprint density at radius 3 is 1.76 bits per heavy atom. The van der Waals surface area contributed by atoms with Gasteiger partial charge in [0, 0.05) is 0 Å². The van der Waals surface area contributed by atoms with E-state index >= 15 is 0 Å². The molecule has 2 unspecified atom stereocenters. The van der Waals surface area contributed by atoms with Gasteiger partial charge in [-0.05, 0) is 34.7 Å². The Kier molecular flexibility index (Phi) is 5.10. The molecule has 0 N–H and O–H groups in total. The number of allylic oxidation sites excluding steroid dienone is 4. The van der Waals surface area contributed by atoms with E-state index in [4.69, 9.17) is 0 Å². The highest BCUT2D eigenvalue weighted by molar-refractivity contribution is 6.40. The first kappa shape index (κ1) is 14.6. The summed E-state index contributed by atoms with van der Waals surface area (Å²) in [6.07, 6.45) is 5.02. The van der Waals surface area contributed by atoms with Crippen LogP contribution < -0.4 is 0 Å². The minimum absolute atomic E-state index is 0.620. The highest BCUT2D eigenvalue weighted by Crippen LogP contribution is 2.38. The predicted molar refractivity (Wildman–Crippen MR) is 79.6 cm³/mol. The van der Waals surface area contributed by atoms with Crippen LogP contribution in [0.3, 0.4) is 0 Å². The van der Waals surface area contributed by atoms with Crippen molar-refractivity contribution in [2.75, 3.05) is 0 Å². The van der Waals surface area contributed by atoms with E-state index in [9.17, 15) is 0 Å². The zero-order valence-corrected chi connectivity index (χ0v) is 12.6. The topological polar surface area (TPSA) is 0 Å². The smallest absolute Gasteiger partial charge is 0.0850 e. The van der Waals surface area contributed by atoms with Crippen LogP contribution in [0.4, 0.5) is 0 Å². The first-order chi connectivity index (χ1) is 7.82. The average Bonchev–Trinajstić information content (AvgIpc) is 2.19. The Bertz CT molecular complexity index is 307. The molecule has 0 aromatic carbocycles. The lowest BCUT2D eigenvalue weighted by atomic mass is 9.50. The van der Waals surface area contributed by atoms with E-state index in [1.165, 1.54) is 0 Å². The summed E-state index contributed by atoms with van der Waals surface area (Å²) in [6, 6.07) is 0. The fraction of sp³-hybridized carbons (Fsp3) is 0.750. The lowest BCUT2D eigenvalue weighted by Gasteiger charge is -2.31. The van der Waals surface area contributed by atoms with Crippen LogP contribution in [0.2, 0.25) is 11.6 Å². The van der Waals surface area contributed by atoms with Crippen LogP contribution in [-0.2, 0) is 0 Å². The summed E-state index contributed by atoms with van der Waals surface area (Å²) < 4.78 is 0. The molecule has 1 radical (unpaired) electrons. The molecular weight excluding hydrogens is 203 g/mol. The van der Waals surface area contributed by atoms with Crippen LogP contribution in [0.15, 0.2) is 23.3 Å². The molecule has 95 valence electrons. The van der Waals surface area contributed by atoms with Gasteiger partial charge in [0.25, 0.3) is 0 Å². The molecule has 0 heterocycles. The van der Waals surface area contributed by atoms with Crippen molar-refractivity contribution in [3.8, 4) is 0 Å². The van der Waals surface area contributed by atoms with Gasteiger partial charge in [0.05, 0.1) is 0 Å². The van der Waals surface area contributed by atoms with Gasteiger partial charge in [0.15, 0.2) is 0 Å². The highest BCUT2D eigenvalue weighted by atomic mass is 14.3. The SMILES string of the molecule is CC(C)[B]C1C=C(C(C)C)C(C(C)C)=CC1C. The molecule has 0 nitrogen and oxygen atoms in total. The molecule has 0 fully saturated rings. The molecular formula is C16H28B. The zero-order valence-electron chi connectivity index (χ0n) is 12.6. The molecule has 0 saturated heterocycles. The summed E-state index contributed by atoms with van der Waals surface area (Å²) in [5.41, 5.74) is 3.14. The van der Waals surface area contributed by atoms with E-state index in [1.54, 1.807) is 11.1 Å². The van der Waals surface area contributed by atoms with Crippen LogP contribution in [0.1, 0.15) is 48.5 Å². The largest absolute Gasteiger partial charge is 0.122 e. The average molecular weight is 231 g/mol. The standard InChI is InChI=1S/C16H28B/c1-10(2)14-8-13(7)16(17-12(5)6)9-15(14)11(3)4/h8-13,16H,1-7H3. The second-order valence-corrected chi connectivity index (χ2v) is 6.43. The zero-order chi connectivity index (χ0) is 13.2. The van der Waals surface area contributed by atoms with Gasteiger partial charge in [0.1, 0.15) is 7.28 Å². The number of hydrogen-bond acceptors (Lipinski definition) is 0. The predicted octanol–water partition coefficient (Wildman–Crippen LogP) is 5.12. The van der Waals surface area contributed by atoms with Crippen molar-refractivity contribution in [3.63, 3.8) is 0 Å². The summed E-state index contributed by atoms with van der Waals surface area (Å²) in [5, 5.41) is 0. The molecule has 1 heteroatoms. The normalized spacial score (nSPS) is 25.3. The van der Waals surface area contributed by atoms with Gasteiger partial charge in [-0.15, -0.1) is 0 Å². The monoisotopic (exact) mass is 231 g/mol. The molecule has 1 rings (SSSR count). The van der Waals surface area contributed by atoms with Gasteiger partial charge in [-0.25, -0.2) is 0 Å². The van der Waals surface area contributed by atoms with Crippen molar-refractivity contribution >= 4 is 7.28 Å². The first-order valence-corrected chi connectivity index (χ1v) is 7.11. The molecule has 0 bridgehead atoms. The summed E-state index contributed by atoms with van der Waals surface area (Å²) in [4.78, 5) is 0. The maximum atomic E-state index is 2.52. The van der Waals surface area contributed by atoms with Gasteiger partial charge in [0.2, 0.25) is 0 Å². The highest BCUT2D eigenvalue weighted by Gasteiger charge is 2.25. The van der Waals surface area contributed by atoms with Gasteiger partial charge < -0.3 is 0 Å². The van der Waals surface area contributed by atoms with E-state index in [0.717, 1.165) is 0 Å². The Morgan fingerprint density at radius 2 is 1.35 bits per heavy atom. The molecule has 17 heavy (non-hydrogen) atoms. The first-order valence-electron chi connectivity index (χ1n) is 7.11. The van der Waals surface area contributed by atoms with E-state index in [1.807, 2.05) is 0 Å². The van der Waals surface area contributed by atoms with Gasteiger partial charge in [-0.1, -0.05) is 66.4 Å². The van der Waals surface area contributed by atoms with E-state index in [-0.39, 0.29) is 0 Å². The van der Waals surface area contributed by atoms with Crippen LogP contribution in [-0.4, -0.2) is 7.28 Å². The molecule has 0 aromatic heterocycles. The van der Waals surface area contributed by atoms with Gasteiger partial charge >= 0.3 is 0 Å². The van der Waals surface area contributed by atoms with Crippen LogP contribution in [0.25, 0.3) is 0 Å². The van der Waals surface area contributed by atoms with Crippen LogP contribution >= 0.6 is 0 Å². The Hall–Kier alpha value is -0.455. The molecule has 0 spiro atoms. The van der Waals surface area contributed by atoms with Gasteiger partial charge in [-0.2, -0.15) is 0 Å². The Labute approximate surface area is 109 Å². The van der Waals surface area contributed by atoms with Gasteiger partial charge in [-0.3, -0.25) is 0 Å². The number of hydrogen-bond donors (Lipinski definition) is 0. The van der Waals surface area contributed by atoms with Crippen molar-refractivity contribution in [3.05, 3.63) is 23.3 Å². The molecule has 0 saturated carbocycles. The summed E-state index contributed by atoms with van der Waals surface area (Å²) in [6.45, 7) is 16.1. The third kappa shape index (κ3) is 3.76. The molecule has 0 aromatic rings. The lowest BCUT2D eigenvalue weighted by Crippen LogP contribution is -2.19. The third-order valence-corrected chi connectivity index (χ3v) is 3.61. The summed E-state index contributed by atoms with van der Waals surface area (Å²) in [7, 11) is 2.49. The van der Waals surface area contributed by atoms with Crippen molar-refractivity contribution < 1.29 is 0 Å². The number of rotatable bonds is 4. The van der Waals surface area contributed by atoms with E-state index in [0.29, 0.717) is 29.4 Å². The Morgan fingerprint density at radius 1 is 0.882 bits per heavy atom. The molecule has 0 aliphatic heterocycles. The summed E-state index contributed by atoms with van der Waals surface area (Å²) >= 11 is 0. The fourth-order valence-corrected chi connectivity index (χ4v) is 2.67. The third-order valence-electron chi connectivity index (χ3n) is 3.61. The summed E-state index contributed by atoms with van der Waals surface area (Å²) in [5.74, 6) is 3.22. The van der Waals surface area contributed by atoms with Crippen molar-refractivity contribution in [2.24, 2.45) is 17.8 Å². The minimum atomic E-state index is 0.620. The fourth-order valence-electron chi connectivity index (χ4n) is 2.67. The second kappa shape index (κ2) is 5.93. The van der Waals surface area contributed by atoms with Crippen molar-refractivity contribution in [1.29, 1.82) is 0 Å². The second-order valence-electron chi connectivity index (χ2n) is 6.43.